The Morgan fingerprint density at radius 2 is 2.04 bits per heavy atom. The van der Waals surface area contributed by atoms with E-state index in [1.54, 1.807) is 0 Å². The normalized spacial score (nSPS) is 16.2. The van der Waals surface area contributed by atoms with E-state index in [0.717, 1.165) is 43.1 Å². The molecule has 1 saturated heterocycles. The van der Waals surface area contributed by atoms with Crippen molar-refractivity contribution in [3.8, 4) is 5.75 Å². The first-order valence-corrected chi connectivity index (χ1v) is 8.83. The second kappa shape index (κ2) is 10.6. The molecule has 2 rings (SSSR count). The van der Waals surface area contributed by atoms with Gasteiger partial charge >= 0.3 is 0 Å². The van der Waals surface area contributed by atoms with Crippen LogP contribution in [-0.4, -0.2) is 31.8 Å². The molecule has 1 aromatic rings. The number of anilines is 1. The highest BCUT2D eigenvalue weighted by atomic mass is 35.5. The van der Waals surface area contributed by atoms with E-state index in [9.17, 15) is 4.79 Å². The average Bonchev–Trinajstić information content (AvgIpc) is 2.55. The van der Waals surface area contributed by atoms with Crippen LogP contribution in [0.3, 0.4) is 0 Å². The molecule has 0 aliphatic carbocycles. The Balaban J connectivity index is 0.00000312. The van der Waals surface area contributed by atoms with Gasteiger partial charge in [-0.3, -0.25) is 4.79 Å². The summed E-state index contributed by atoms with van der Waals surface area (Å²) in [7, 11) is 0. The van der Waals surface area contributed by atoms with Crippen molar-refractivity contribution in [1.29, 1.82) is 0 Å². The van der Waals surface area contributed by atoms with E-state index in [1.807, 2.05) is 25.1 Å². The van der Waals surface area contributed by atoms with Crippen LogP contribution in [0.5, 0.6) is 5.75 Å². The molecular formula is C19H31ClN2O3. The van der Waals surface area contributed by atoms with Gasteiger partial charge in [0.2, 0.25) is 5.91 Å². The minimum Gasteiger partial charge on any atom is -0.493 e. The number of rotatable bonds is 7. The number of carbonyl (C=O) groups excluding carboxylic acids is 1. The van der Waals surface area contributed by atoms with Gasteiger partial charge in [-0.05, 0) is 49.7 Å². The highest BCUT2D eigenvalue weighted by Gasteiger charge is 2.17. The summed E-state index contributed by atoms with van der Waals surface area (Å²) in [6.45, 7) is 8.44. The van der Waals surface area contributed by atoms with Crippen molar-refractivity contribution in [2.75, 3.05) is 25.1 Å². The molecule has 1 aromatic carbocycles. The number of carbonyl (C=O) groups is 1. The molecule has 3 N–H and O–H groups in total. The van der Waals surface area contributed by atoms with E-state index in [1.165, 1.54) is 0 Å². The third-order valence-electron chi connectivity index (χ3n) is 4.33. The van der Waals surface area contributed by atoms with Gasteiger partial charge in [-0.25, -0.2) is 0 Å². The first-order chi connectivity index (χ1) is 11.5. The van der Waals surface area contributed by atoms with Crippen molar-refractivity contribution >= 4 is 24.0 Å². The zero-order valence-electron chi connectivity index (χ0n) is 15.4. The van der Waals surface area contributed by atoms with E-state index in [0.29, 0.717) is 24.9 Å². The van der Waals surface area contributed by atoms with E-state index in [4.69, 9.17) is 15.2 Å². The summed E-state index contributed by atoms with van der Waals surface area (Å²) in [6.07, 6.45) is 2.75. The maximum absolute atomic E-state index is 12.2. The highest BCUT2D eigenvalue weighted by Crippen LogP contribution is 2.25. The predicted octanol–water partition coefficient (Wildman–Crippen LogP) is 3.53. The Morgan fingerprint density at radius 1 is 1.36 bits per heavy atom. The van der Waals surface area contributed by atoms with Crippen LogP contribution in [-0.2, 0) is 9.53 Å². The average molecular weight is 371 g/mol. The lowest BCUT2D eigenvalue weighted by Gasteiger charge is -2.23. The fourth-order valence-electron chi connectivity index (χ4n) is 2.80. The van der Waals surface area contributed by atoms with Gasteiger partial charge < -0.3 is 20.5 Å². The molecule has 0 unspecified atom stereocenters. The highest BCUT2D eigenvalue weighted by molar-refractivity contribution is 5.94. The first kappa shape index (κ1) is 21.7. The summed E-state index contributed by atoms with van der Waals surface area (Å²) in [6, 6.07) is 5.24. The van der Waals surface area contributed by atoms with E-state index < -0.39 is 6.04 Å². The molecular weight excluding hydrogens is 340 g/mol. The maximum atomic E-state index is 12.2. The molecule has 0 bridgehead atoms. The molecule has 0 radical (unpaired) electrons. The summed E-state index contributed by atoms with van der Waals surface area (Å²) in [4.78, 5) is 12.2. The summed E-state index contributed by atoms with van der Waals surface area (Å²) in [5, 5.41) is 2.89. The van der Waals surface area contributed by atoms with Crippen LogP contribution in [0.15, 0.2) is 18.2 Å². The van der Waals surface area contributed by atoms with Gasteiger partial charge in [-0.1, -0.05) is 19.9 Å². The first-order valence-electron chi connectivity index (χ1n) is 8.83. The van der Waals surface area contributed by atoms with Gasteiger partial charge in [0, 0.05) is 25.0 Å². The standard InChI is InChI=1S/C19H30N2O3.ClH/c1-13(2)10-17(20)19(22)21-16-5-4-14(3)18(11-16)24-12-15-6-8-23-9-7-15;/h4-5,11,13,15,17H,6-10,12,20H2,1-3H3,(H,21,22);1H/t17-;/m0./s1. The number of hydrogen-bond donors (Lipinski definition) is 2. The minimum absolute atomic E-state index is 0. The fraction of sp³-hybridized carbons (Fsp3) is 0.632. The predicted molar refractivity (Wildman–Crippen MR) is 104 cm³/mol. The summed E-state index contributed by atoms with van der Waals surface area (Å²) in [5.74, 6) is 1.60. The van der Waals surface area contributed by atoms with Crippen LogP contribution in [0.1, 0.15) is 38.7 Å². The van der Waals surface area contributed by atoms with Crippen molar-refractivity contribution < 1.29 is 14.3 Å². The number of halogens is 1. The van der Waals surface area contributed by atoms with Gasteiger partial charge in [0.25, 0.3) is 0 Å². The third kappa shape index (κ3) is 7.22. The molecule has 25 heavy (non-hydrogen) atoms. The van der Waals surface area contributed by atoms with Gasteiger partial charge in [0.1, 0.15) is 5.75 Å². The maximum Gasteiger partial charge on any atom is 0.241 e. The van der Waals surface area contributed by atoms with Crippen molar-refractivity contribution in [3.05, 3.63) is 23.8 Å². The third-order valence-corrected chi connectivity index (χ3v) is 4.33. The Kier molecular flexibility index (Phi) is 9.25. The SMILES string of the molecule is Cc1ccc(NC(=O)[C@@H](N)CC(C)C)cc1OCC1CCOCC1.Cl. The van der Waals surface area contributed by atoms with Gasteiger partial charge in [-0.2, -0.15) is 0 Å². The number of nitrogens with one attached hydrogen (secondary N) is 1. The Labute approximate surface area is 157 Å². The van der Waals surface area contributed by atoms with Gasteiger partial charge in [0.15, 0.2) is 0 Å². The number of amides is 1. The van der Waals surface area contributed by atoms with Crippen molar-refractivity contribution in [3.63, 3.8) is 0 Å². The molecule has 142 valence electrons. The second-order valence-corrected chi connectivity index (χ2v) is 7.07. The number of aryl methyl sites for hydroxylation is 1. The molecule has 1 aliphatic heterocycles. The van der Waals surface area contributed by atoms with Crippen LogP contribution in [0.4, 0.5) is 5.69 Å². The van der Waals surface area contributed by atoms with E-state index >= 15 is 0 Å². The quantitative estimate of drug-likeness (QED) is 0.769. The van der Waals surface area contributed by atoms with Crippen LogP contribution >= 0.6 is 12.4 Å². The summed E-state index contributed by atoms with van der Waals surface area (Å²) in [5.41, 5.74) is 7.73. The summed E-state index contributed by atoms with van der Waals surface area (Å²) >= 11 is 0. The molecule has 1 amide bonds. The monoisotopic (exact) mass is 370 g/mol. The number of nitrogens with two attached hydrogens (primary N) is 1. The molecule has 6 heteroatoms. The minimum atomic E-state index is -0.488. The second-order valence-electron chi connectivity index (χ2n) is 7.07. The number of ether oxygens (including phenoxy) is 2. The van der Waals surface area contributed by atoms with E-state index in [2.05, 4.69) is 19.2 Å². The molecule has 1 aliphatic rings. The lowest BCUT2D eigenvalue weighted by atomic mass is 10.0. The lowest BCUT2D eigenvalue weighted by molar-refractivity contribution is -0.117. The zero-order chi connectivity index (χ0) is 17.5. The topological polar surface area (TPSA) is 73.6 Å². The van der Waals surface area contributed by atoms with Crippen molar-refractivity contribution in [1.82, 2.24) is 0 Å². The van der Waals surface area contributed by atoms with Gasteiger partial charge in [-0.15, -0.1) is 12.4 Å². The molecule has 0 aromatic heterocycles. The van der Waals surface area contributed by atoms with Gasteiger partial charge in [0.05, 0.1) is 12.6 Å². The Hall–Kier alpha value is -1.30. The molecule has 1 atom stereocenters. The van der Waals surface area contributed by atoms with Crippen LogP contribution in [0.2, 0.25) is 0 Å². The lowest BCUT2D eigenvalue weighted by Crippen LogP contribution is -2.36. The summed E-state index contributed by atoms with van der Waals surface area (Å²) < 4.78 is 11.4. The fourth-order valence-corrected chi connectivity index (χ4v) is 2.80. The Bertz CT molecular complexity index is 545. The number of benzene rings is 1. The van der Waals surface area contributed by atoms with Crippen LogP contribution < -0.4 is 15.8 Å². The molecule has 0 saturated carbocycles. The molecule has 1 heterocycles. The Morgan fingerprint density at radius 3 is 2.68 bits per heavy atom. The van der Waals surface area contributed by atoms with E-state index in [-0.39, 0.29) is 18.3 Å². The zero-order valence-corrected chi connectivity index (χ0v) is 16.2. The molecule has 0 spiro atoms. The van der Waals surface area contributed by atoms with Crippen LogP contribution in [0.25, 0.3) is 0 Å². The largest absolute Gasteiger partial charge is 0.493 e. The van der Waals surface area contributed by atoms with Crippen molar-refractivity contribution in [2.45, 2.75) is 46.1 Å². The smallest absolute Gasteiger partial charge is 0.241 e. The van der Waals surface area contributed by atoms with Crippen LogP contribution in [0, 0.1) is 18.8 Å². The molecule has 5 nitrogen and oxygen atoms in total. The van der Waals surface area contributed by atoms with Crippen molar-refractivity contribution in [2.24, 2.45) is 17.6 Å². The number of hydrogen-bond acceptors (Lipinski definition) is 4. The molecule has 1 fully saturated rings.